The number of hydrogen-bond acceptors (Lipinski definition) is 5. The van der Waals surface area contributed by atoms with Crippen molar-refractivity contribution in [3.8, 4) is 5.75 Å². The quantitative estimate of drug-likeness (QED) is 0.714. The van der Waals surface area contributed by atoms with Crippen LogP contribution in [0.15, 0.2) is 23.1 Å². The summed E-state index contributed by atoms with van der Waals surface area (Å²) >= 11 is 0. The van der Waals surface area contributed by atoms with E-state index in [1.807, 2.05) is 27.7 Å². The molecule has 1 fully saturated rings. The number of ether oxygens (including phenoxy) is 1. The van der Waals surface area contributed by atoms with Gasteiger partial charge in [-0.05, 0) is 45.3 Å². The fourth-order valence-electron chi connectivity index (χ4n) is 2.54. The molecular formula is C15H22BNO5S. The van der Waals surface area contributed by atoms with Gasteiger partial charge in [0, 0.05) is 13.6 Å². The average molecular weight is 339 g/mol. The number of sulfonamides is 1. The van der Waals surface area contributed by atoms with Crippen LogP contribution in [0.3, 0.4) is 0 Å². The summed E-state index contributed by atoms with van der Waals surface area (Å²) in [5, 5.41) is 0. The predicted octanol–water partition coefficient (Wildman–Crippen LogP) is 0.999. The van der Waals surface area contributed by atoms with Crippen molar-refractivity contribution in [2.24, 2.45) is 0 Å². The van der Waals surface area contributed by atoms with Gasteiger partial charge >= 0.3 is 7.12 Å². The Kier molecular flexibility index (Phi) is 3.79. The number of fused-ring (bicyclic) bond motifs is 1. The van der Waals surface area contributed by atoms with E-state index in [9.17, 15) is 8.42 Å². The number of likely N-dealkylation sites (N-methyl/N-ethyl adjacent to an activating group) is 1. The predicted molar refractivity (Wildman–Crippen MR) is 87.5 cm³/mol. The van der Waals surface area contributed by atoms with E-state index in [2.05, 4.69) is 0 Å². The first-order valence-corrected chi connectivity index (χ1v) is 9.07. The zero-order valence-electron chi connectivity index (χ0n) is 14.1. The molecule has 0 spiro atoms. The first kappa shape index (κ1) is 16.8. The van der Waals surface area contributed by atoms with Crippen molar-refractivity contribution in [2.75, 3.05) is 20.2 Å². The summed E-state index contributed by atoms with van der Waals surface area (Å²) in [5.74, 6) is 0.370. The Bertz CT molecular complexity index is 715. The van der Waals surface area contributed by atoms with Crippen LogP contribution in [0.1, 0.15) is 27.7 Å². The molecule has 0 atom stereocenters. The van der Waals surface area contributed by atoms with Crippen molar-refractivity contribution >= 4 is 22.6 Å². The lowest BCUT2D eigenvalue weighted by atomic mass is 9.79. The normalized spacial score (nSPS) is 25.5. The molecule has 0 radical (unpaired) electrons. The Labute approximate surface area is 137 Å². The average Bonchev–Trinajstić information content (AvgIpc) is 2.59. The fourth-order valence-corrected chi connectivity index (χ4v) is 3.86. The third-order valence-corrected chi connectivity index (χ3v) is 6.72. The van der Waals surface area contributed by atoms with E-state index >= 15 is 0 Å². The van der Waals surface area contributed by atoms with Gasteiger partial charge in [-0.1, -0.05) is 6.07 Å². The SMILES string of the molecule is CN1CCOc2ccc(B3OC(C)(C)C(C)(C)O3)cc2S1(=O)=O. The summed E-state index contributed by atoms with van der Waals surface area (Å²) in [5.41, 5.74) is -0.280. The largest absolute Gasteiger partial charge is 0.494 e. The number of hydrogen-bond donors (Lipinski definition) is 0. The van der Waals surface area contributed by atoms with Crippen molar-refractivity contribution < 1.29 is 22.5 Å². The van der Waals surface area contributed by atoms with Crippen LogP contribution in [0, 0.1) is 0 Å². The summed E-state index contributed by atoms with van der Waals surface area (Å²) in [6.07, 6.45) is 0. The highest BCUT2D eigenvalue weighted by Crippen LogP contribution is 2.37. The van der Waals surface area contributed by atoms with E-state index in [1.165, 1.54) is 4.31 Å². The fraction of sp³-hybridized carbons (Fsp3) is 0.600. The molecule has 0 aromatic heterocycles. The molecule has 0 bridgehead atoms. The molecule has 6 nitrogen and oxygen atoms in total. The summed E-state index contributed by atoms with van der Waals surface area (Å²) in [6.45, 7) is 8.50. The molecule has 0 saturated carbocycles. The Morgan fingerprint density at radius 3 is 2.35 bits per heavy atom. The molecule has 0 amide bonds. The van der Waals surface area contributed by atoms with E-state index in [1.54, 1.807) is 25.2 Å². The number of nitrogens with zero attached hydrogens (tertiary/aromatic N) is 1. The molecule has 1 aromatic rings. The topological polar surface area (TPSA) is 65.1 Å². The third-order valence-electron chi connectivity index (χ3n) is 4.85. The summed E-state index contributed by atoms with van der Waals surface area (Å²) in [6, 6.07) is 5.06. The first-order valence-electron chi connectivity index (χ1n) is 7.63. The second-order valence-corrected chi connectivity index (χ2v) is 8.98. The molecule has 0 N–H and O–H groups in total. The monoisotopic (exact) mass is 339 g/mol. The number of benzene rings is 1. The van der Waals surface area contributed by atoms with Gasteiger partial charge in [0.2, 0.25) is 10.0 Å². The van der Waals surface area contributed by atoms with Crippen LogP contribution < -0.4 is 10.2 Å². The molecule has 3 rings (SSSR count). The molecule has 126 valence electrons. The van der Waals surface area contributed by atoms with Gasteiger partial charge in [-0.15, -0.1) is 0 Å². The van der Waals surface area contributed by atoms with Crippen LogP contribution in [0.2, 0.25) is 0 Å². The van der Waals surface area contributed by atoms with E-state index in [4.69, 9.17) is 14.0 Å². The van der Waals surface area contributed by atoms with Crippen LogP contribution in [0.4, 0.5) is 0 Å². The van der Waals surface area contributed by atoms with Crippen LogP contribution in [0.5, 0.6) is 5.75 Å². The van der Waals surface area contributed by atoms with Crippen molar-refractivity contribution in [1.29, 1.82) is 0 Å². The summed E-state index contributed by atoms with van der Waals surface area (Å²) in [7, 11) is -2.62. The lowest BCUT2D eigenvalue weighted by Crippen LogP contribution is -2.41. The molecule has 2 aliphatic heterocycles. The highest BCUT2D eigenvalue weighted by atomic mass is 32.2. The van der Waals surface area contributed by atoms with Gasteiger partial charge in [0.15, 0.2) is 0 Å². The van der Waals surface area contributed by atoms with E-state index in [0.717, 1.165) is 0 Å². The highest BCUT2D eigenvalue weighted by molar-refractivity contribution is 7.89. The molecule has 23 heavy (non-hydrogen) atoms. The van der Waals surface area contributed by atoms with Gasteiger partial charge in [-0.3, -0.25) is 0 Å². The Hall–Kier alpha value is -1.09. The van der Waals surface area contributed by atoms with Crippen LogP contribution >= 0.6 is 0 Å². The zero-order valence-corrected chi connectivity index (χ0v) is 14.9. The third kappa shape index (κ3) is 2.67. The molecule has 1 aromatic carbocycles. The maximum Gasteiger partial charge on any atom is 0.494 e. The minimum atomic E-state index is -3.57. The second-order valence-electron chi connectivity index (χ2n) is 6.97. The van der Waals surface area contributed by atoms with Gasteiger partial charge in [-0.25, -0.2) is 8.42 Å². The highest BCUT2D eigenvalue weighted by Gasteiger charge is 2.52. The molecule has 2 heterocycles. The molecule has 0 unspecified atom stereocenters. The number of rotatable bonds is 1. The van der Waals surface area contributed by atoms with Crippen LogP contribution in [-0.4, -0.2) is 51.2 Å². The second kappa shape index (κ2) is 5.21. The smallest absolute Gasteiger partial charge is 0.491 e. The van der Waals surface area contributed by atoms with Crippen LogP contribution in [0.25, 0.3) is 0 Å². The summed E-state index contributed by atoms with van der Waals surface area (Å²) in [4.78, 5) is 0.157. The minimum Gasteiger partial charge on any atom is -0.491 e. The van der Waals surface area contributed by atoms with Crippen molar-refractivity contribution in [3.05, 3.63) is 18.2 Å². The molecule has 0 aliphatic carbocycles. The van der Waals surface area contributed by atoms with Gasteiger partial charge < -0.3 is 14.0 Å². The standard InChI is InChI=1S/C15H22BNO5S/c1-14(2)15(3,4)22-16(21-14)11-6-7-12-13(10-11)23(18,19)17(5)8-9-20-12/h6-7,10H,8-9H2,1-5H3. The van der Waals surface area contributed by atoms with Gasteiger partial charge in [0.1, 0.15) is 17.3 Å². The van der Waals surface area contributed by atoms with Gasteiger partial charge in [0.05, 0.1) is 11.2 Å². The van der Waals surface area contributed by atoms with E-state index in [0.29, 0.717) is 24.4 Å². The van der Waals surface area contributed by atoms with E-state index in [-0.39, 0.29) is 4.90 Å². The van der Waals surface area contributed by atoms with Gasteiger partial charge in [-0.2, -0.15) is 4.31 Å². The van der Waals surface area contributed by atoms with Crippen LogP contribution in [-0.2, 0) is 19.3 Å². The molecule has 8 heteroatoms. The minimum absolute atomic E-state index is 0.157. The zero-order chi connectivity index (χ0) is 17.0. The Morgan fingerprint density at radius 2 is 1.74 bits per heavy atom. The van der Waals surface area contributed by atoms with Crippen molar-refractivity contribution in [2.45, 2.75) is 43.8 Å². The first-order chi connectivity index (χ1) is 10.5. The van der Waals surface area contributed by atoms with Gasteiger partial charge in [0.25, 0.3) is 0 Å². The molecular weight excluding hydrogens is 317 g/mol. The van der Waals surface area contributed by atoms with Crippen molar-refractivity contribution in [1.82, 2.24) is 4.31 Å². The van der Waals surface area contributed by atoms with E-state index < -0.39 is 28.3 Å². The van der Waals surface area contributed by atoms with Crippen molar-refractivity contribution in [3.63, 3.8) is 0 Å². The molecule has 1 saturated heterocycles. The maximum absolute atomic E-state index is 12.6. The molecule has 2 aliphatic rings. The Balaban J connectivity index is 2.02. The summed E-state index contributed by atoms with van der Waals surface area (Å²) < 4.78 is 44.1. The Morgan fingerprint density at radius 1 is 1.13 bits per heavy atom. The lowest BCUT2D eigenvalue weighted by Gasteiger charge is -2.32. The lowest BCUT2D eigenvalue weighted by molar-refractivity contribution is 0.00578. The maximum atomic E-state index is 12.6.